The number of amides is 2. The van der Waals surface area contributed by atoms with Gasteiger partial charge in [-0.15, -0.1) is 0 Å². The van der Waals surface area contributed by atoms with Gasteiger partial charge in [-0.2, -0.15) is 13.2 Å². The Morgan fingerprint density at radius 2 is 1.97 bits per heavy atom. The Labute approximate surface area is 183 Å². The van der Waals surface area contributed by atoms with Crippen molar-refractivity contribution in [3.63, 3.8) is 0 Å². The highest BCUT2D eigenvalue weighted by Gasteiger charge is 2.38. The molecule has 1 atom stereocenters. The number of alkyl halides is 3. The zero-order chi connectivity index (χ0) is 22.3. The molecule has 0 aromatic heterocycles. The summed E-state index contributed by atoms with van der Waals surface area (Å²) in [5.41, 5.74) is -1.05. The summed E-state index contributed by atoms with van der Waals surface area (Å²) in [6, 6.07) is 2.72. The lowest BCUT2D eigenvalue weighted by atomic mass is 10.2. The molecule has 0 spiro atoms. The molecule has 166 valence electrons. The first-order valence-corrected chi connectivity index (χ1v) is 11.1. The number of carbonyl (C=O) groups is 2. The van der Waals surface area contributed by atoms with Crippen molar-refractivity contribution in [2.24, 2.45) is 4.99 Å². The van der Waals surface area contributed by atoms with E-state index in [9.17, 15) is 22.8 Å². The van der Waals surface area contributed by atoms with Crippen molar-refractivity contribution in [3.8, 4) is 0 Å². The third-order valence-corrected chi connectivity index (χ3v) is 6.00. The number of anilines is 1. The Morgan fingerprint density at radius 1 is 1.27 bits per heavy atom. The van der Waals surface area contributed by atoms with Crippen LogP contribution in [0.5, 0.6) is 0 Å². The van der Waals surface area contributed by atoms with Gasteiger partial charge in [0.2, 0.25) is 11.8 Å². The zero-order valence-electron chi connectivity index (χ0n) is 16.9. The summed E-state index contributed by atoms with van der Waals surface area (Å²) < 4.78 is 38.7. The van der Waals surface area contributed by atoms with Crippen LogP contribution >= 0.6 is 23.4 Å². The molecular weight excluding hydrogens is 439 g/mol. The number of rotatable bonds is 9. The Hall–Kier alpha value is -1.74. The number of hydrogen-bond donors (Lipinski definition) is 1. The molecule has 2 amide bonds. The van der Waals surface area contributed by atoms with Gasteiger partial charge in [0.25, 0.3) is 0 Å². The van der Waals surface area contributed by atoms with Crippen LogP contribution in [0.15, 0.2) is 23.2 Å². The number of benzene rings is 1. The molecule has 1 N–H and O–H groups in total. The topological polar surface area (TPSA) is 61.8 Å². The van der Waals surface area contributed by atoms with Crippen LogP contribution in [0.3, 0.4) is 0 Å². The first-order valence-electron chi connectivity index (χ1n) is 9.86. The summed E-state index contributed by atoms with van der Waals surface area (Å²) >= 11 is 7.16. The second kappa shape index (κ2) is 11.0. The van der Waals surface area contributed by atoms with Crippen LogP contribution < -0.4 is 5.32 Å². The maximum absolute atomic E-state index is 12.9. The van der Waals surface area contributed by atoms with Crippen LogP contribution in [0, 0.1) is 0 Å². The number of nitrogens with zero attached hydrogens (tertiary/aromatic N) is 2. The van der Waals surface area contributed by atoms with Crippen LogP contribution in [-0.2, 0) is 15.8 Å². The Kier molecular flexibility index (Phi) is 9.03. The Bertz CT molecular complexity index is 802. The molecule has 2 rings (SSSR count). The van der Waals surface area contributed by atoms with Crippen LogP contribution in [0.25, 0.3) is 0 Å². The number of amidine groups is 1. The number of unbranched alkanes of at least 4 members (excludes halogenated alkanes) is 2. The molecule has 1 saturated heterocycles. The molecule has 1 fully saturated rings. The summed E-state index contributed by atoms with van der Waals surface area (Å²) in [4.78, 5) is 31.3. The largest absolute Gasteiger partial charge is 0.416 e. The summed E-state index contributed by atoms with van der Waals surface area (Å²) in [5.74, 6) is -0.777. The van der Waals surface area contributed by atoms with E-state index < -0.39 is 22.9 Å². The Balaban J connectivity index is 2.09. The third kappa shape index (κ3) is 6.63. The molecule has 1 aliphatic rings. The maximum atomic E-state index is 12.9. The fourth-order valence-corrected chi connectivity index (χ4v) is 4.14. The molecular formula is C20H25ClF3N3O2S. The molecule has 0 bridgehead atoms. The van der Waals surface area contributed by atoms with Crippen LogP contribution in [0.4, 0.5) is 18.9 Å². The highest BCUT2D eigenvalue weighted by Crippen LogP contribution is 2.34. The third-order valence-electron chi connectivity index (χ3n) is 4.45. The van der Waals surface area contributed by atoms with E-state index in [-0.39, 0.29) is 23.0 Å². The van der Waals surface area contributed by atoms with E-state index in [0.717, 1.165) is 43.9 Å². The number of aliphatic imine (C=N–C) groups is 1. The molecule has 1 aliphatic heterocycles. The molecule has 10 heteroatoms. The van der Waals surface area contributed by atoms with Gasteiger partial charge in [-0.3, -0.25) is 19.5 Å². The van der Waals surface area contributed by atoms with Crippen molar-refractivity contribution >= 4 is 46.0 Å². The average Bonchev–Trinajstić information content (AvgIpc) is 2.96. The lowest BCUT2D eigenvalue weighted by Crippen LogP contribution is -2.34. The van der Waals surface area contributed by atoms with Gasteiger partial charge < -0.3 is 5.32 Å². The highest BCUT2D eigenvalue weighted by molar-refractivity contribution is 8.15. The minimum atomic E-state index is -4.55. The standard InChI is InChI=1S/C20H25ClF3N3O2S/c1-3-5-9-25-19-27(10-6-4-2)18(29)16(30-19)12-17(28)26-15-11-13(20(22,23)24)7-8-14(15)21/h7-8,11,16H,3-6,9-10,12H2,1-2H3,(H,26,28)/t16-/m1/s1. The molecule has 30 heavy (non-hydrogen) atoms. The van der Waals surface area contributed by atoms with Crippen molar-refractivity contribution in [1.29, 1.82) is 0 Å². The highest BCUT2D eigenvalue weighted by atomic mass is 35.5. The summed E-state index contributed by atoms with van der Waals surface area (Å²) in [5, 5.41) is 2.34. The molecule has 0 radical (unpaired) electrons. The molecule has 1 aromatic carbocycles. The predicted molar refractivity (Wildman–Crippen MR) is 115 cm³/mol. The van der Waals surface area contributed by atoms with E-state index in [4.69, 9.17) is 11.6 Å². The fraction of sp³-hybridized carbons (Fsp3) is 0.550. The van der Waals surface area contributed by atoms with E-state index in [1.807, 2.05) is 13.8 Å². The van der Waals surface area contributed by atoms with Crippen molar-refractivity contribution in [3.05, 3.63) is 28.8 Å². The predicted octanol–water partition coefficient (Wildman–Crippen LogP) is 5.59. The maximum Gasteiger partial charge on any atom is 0.416 e. The van der Waals surface area contributed by atoms with E-state index in [0.29, 0.717) is 18.3 Å². The molecule has 0 saturated carbocycles. The molecule has 1 aromatic rings. The van der Waals surface area contributed by atoms with E-state index in [1.165, 1.54) is 11.8 Å². The number of halogens is 4. The summed E-state index contributed by atoms with van der Waals surface area (Å²) in [7, 11) is 0. The monoisotopic (exact) mass is 463 g/mol. The fourth-order valence-electron chi connectivity index (χ4n) is 2.78. The van der Waals surface area contributed by atoms with Crippen molar-refractivity contribution in [1.82, 2.24) is 4.90 Å². The van der Waals surface area contributed by atoms with E-state index >= 15 is 0 Å². The summed E-state index contributed by atoms with van der Waals surface area (Å²) in [6.07, 6.45) is -1.11. The van der Waals surface area contributed by atoms with Gasteiger partial charge in [0.15, 0.2) is 5.17 Å². The molecule has 0 unspecified atom stereocenters. The lowest BCUT2D eigenvalue weighted by Gasteiger charge is -2.16. The number of carbonyl (C=O) groups excluding carboxylic acids is 2. The zero-order valence-corrected chi connectivity index (χ0v) is 18.5. The van der Waals surface area contributed by atoms with Crippen molar-refractivity contribution in [2.75, 3.05) is 18.4 Å². The van der Waals surface area contributed by atoms with Gasteiger partial charge in [0, 0.05) is 19.5 Å². The van der Waals surface area contributed by atoms with Crippen molar-refractivity contribution < 1.29 is 22.8 Å². The van der Waals surface area contributed by atoms with Gasteiger partial charge in [-0.05, 0) is 31.0 Å². The lowest BCUT2D eigenvalue weighted by molar-refractivity contribution is -0.137. The SMILES string of the molecule is CCCCN=C1S[C@H](CC(=O)Nc2cc(C(F)(F)F)ccc2Cl)C(=O)N1CCCC. The number of hydrogen-bond acceptors (Lipinski definition) is 4. The smallest absolute Gasteiger partial charge is 0.325 e. The van der Waals surface area contributed by atoms with E-state index in [2.05, 4.69) is 10.3 Å². The van der Waals surface area contributed by atoms with E-state index in [1.54, 1.807) is 4.90 Å². The van der Waals surface area contributed by atoms with Crippen LogP contribution in [0.2, 0.25) is 5.02 Å². The molecule has 0 aliphatic carbocycles. The van der Waals surface area contributed by atoms with Gasteiger partial charge >= 0.3 is 6.18 Å². The minimum Gasteiger partial charge on any atom is -0.325 e. The van der Waals surface area contributed by atoms with Gasteiger partial charge in [-0.1, -0.05) is 50.1 Å². The first-order chi connectivity index (χ1) is 14.2. The van der Waals surface area contributed by atoms with Crippen LogP contribution in [-0.4, -0.2) is 40.2 Å². The number of thioether (sulfide) groups is 1. The van der Waals surface area contributed by atoms with Crippen LogP contribution in [0.1, 0.15) is 51.5 Å². The Morgan fingerprint density at radius 3 is 2.60 bits per heavy atom. The molecule has 5 nitrogen and oxygen atoms in total. The first kappa shape index (κ1) is 24.5. The second-order valence-electron chi connectivity index (χ2n) is 6.91. The minimum absolute atomic E-state index is 0.00635. The van der Waals surface area contributed by atoms with Gasteiger partial charge in [0.1, 0.15) is 5.25 Å². The second-order valence-corrected chi connectivity index (χ2v) is 8.49. The van der Waals surface area contributed by atoms with Gasteiger partial charge in [0.05, 0.1) is 16.3 Å². The van der Waals surface area contributed by atoms with Gasteiger partial charge in [-0.25, -0.2) is 0 Å². The normalized spacial score (nSPS) is 18.3. The van der Waals surface area contributed by atoms with Crippen molar-refractivity contribution in [2.45, 2.75) is 57.4 Å². The quantitative estimate of drug-likeness (QED) is 0.486. The number of nitrogens with one attached hydrogen (secondary N) is 1. The summed E-state index contributed by atoms with van der Waals surface area (Å²) in [6.45, 7) is 5.21. The average molecular weight is 464 g/mol. The molecule has 1 heterocycles.